The highest BCUT2D eigenvalue weighted by Gasteiger charge is 2.24. The molecule has 0 atom stereocenters. The zero-order valence-electron chi connectivity index (χ0n) is 41.5. The molecule has 0 radical (unpaired) electrons. The molecule has 76 heavy (non-hydrogen) atoms. The Morgan fingerprint density at radius 3 is 1.13 bits per heavy atom. The van der Waals surface area contributed by atoms with Gasteiger partial charge in [-0.25, -0.2) is 0 Å². The lowest BCUT2D eigenvalue weighted by atomic mass is 9.97. The molecule has 0 saturated heterocycles. The van der Waals surface area contributed by atoms with Crippen LogP contribution >= 0.6 is 0 Å². The van der Waals surface area contributed by atoms with Gasteiger partial charge in [-0.2, -0.15) is 0 Å². The first-order valence-corrected chi connectivity index (χ1v) is 25.8. The van der Waals surface area contributed by atoms with Crippen molar-refractivity contribution in [2.45, 2.75) is 13.8 Å². The summed E-state index contributed by atoms with van der Waals surface area (Å²) in [5, 5.41) is 13.0. The van der Waals surface area contributed by atoms with Gasteiger partial charge in [-0.1, -0.05) is 114 Å². The van der Waals surface area contributed by atoms with Crippen LogP contribution in [-0.2, 0) is 0 Å². The Hall–Kier alpha value is -10.0. The highest BCUT2D eigenvalue weighted by atomic mass is 16.3. The minimum absolute atomic E-state index is 0.799. The molecule has 0 aliphatic rings. The van der Waals surface area contributed by atoms with Crippen LogP contribution in [0.15, 0.2) is 248 Å². The van der Waals surface area contributed by atoms with E-state index in [9.17, 15) is 0 Å². The van der Waals surface area contributed by atoms with Crippen LogP contribution in [0.2, 0.25) is 0 Å². The fourth-order valence-electron chi connectivity index (χ4n) is 11.7. The van der Waals surface area contributed by atoms with E-state index in [1.165, 1.54) is 11.1 Å². The van der Waals surface area contributed by atoms with E-state index in [1.807, 2.05) is 24.3 Å². The number of nitrogens with zero attached hydrogens (tertiary/aromatic N) is 2. The molecule has 0 bridgehead atoms. The summed E-state index contributed by atoms with van der Waals surface area (Å²) in [7, 11) is 0. The molecule has 4 aromatic heterocycles. The highest BCUT2D eigenvalue weighted by molar-refractivity contribution is 6.24. The second-order valence-electron chi connectivity index (χ2n) is 20.2. The van der Waals surface area contributed by atoms with Crippen LogP contribution in [0.1, 0.15) is 11.1 Å². The van der Waals surface area contributed by atoms with Crippen LogP contribution in [0.4, 0.5) is 34.1 Å². The van der Waals surface area contributed by atoms with Crippen molar-refractivity contribution >= 4 is 143 Å². The summed E-state index contributed by atoms with van der Waals surface area (Å²) < 4.78 is 26.6. The van der Waals surface area contributed by atoms with Crippen molar-refractivity contribution < 1.29 is 17.7 Å². The topological polar surface area (TPSA) is 59.0 Å². The molecule has 16 rings (SSSR count). The lowest BCUT2D eigenvalue weighted by molar-refractivity contribution is 0.658. The minimum atomic E-state index is 0.799. The van der Waals surface area contributed by atoms with Crippen LogP contribution in [0.5, 0.6) is 0 Å². The maximum atomic E-state index is 7.07. The van der Waals surface area contributed by atoms with E-state index in [0.29, 0.717) is 0 Å². The van der Waals surface area contributed by atoms with Crippen LogP contribution in [0, 0.1) is 13.8 Å². The average molecular weight is 977 g/mol. The quantitative estimate of drug-likeness (QED) is 0.159. The van der Waals surface area contributed by atoms with Gasteiger partial charge in [-0.05, 0) is 168 Å². The third-order valence-electron chi connectivity index (χ3n) is 15.5. The van der Waals surface area contributed by atoms with Crippen LogP contribution in [0.25, 0.3) is 120 Å². The Labute approximate surface area is 435 Å². The number of furan rings is 4. The standard InChI is InChI=1S/C70H44N2O4/c1-41-16-22-48(23-17-41)71(52-28-30-64-58(38-52)54-12-6-8-14-62(54)73-64)50-26-20-44-34-56-60-40-61-57-35-45-21-27-51(72(49-24-18-42(2)19-25-49)53-29-31-65-59(39-53)55-13-7-9-15-63(55)74-65)33-47(45)37-67(57)76-70(61)68(43-10-4-3-5-11-43)69(60)75-66(56)36-46(44)32-50/h3-40H,1-2H3. The fraction of sp³-hybridized carbons (Fsp3) is 0.0286. The lowest BCUT2D eigenvalue weighted by Crippen LogP contribution is -2.09. The highest BCUT2D eigenvalue weighted by Crippen LogP contribution is 2.48. The smallest absolute Gasteiger partial charge is 0.147 e. The monoisotopic (exact) mass is 976 g/mol. The SMILES string of the molecule is Cc1ccc(N(c2ccc3cc4c(cc3c2)oc2c(-c3ccccc3)c3oc5cc6cc(N(c7ccc(C)cc7)c7ccc8oc9ccccc9c8c7)ccc6cc5c3cc24)c2ccc3oc4ccccc4c3c2)cc1. The molecular weight excluding hydrogens is 933 g/mol. The minimum Gasteiger partial charge on any atom is -0.456 e. The van der Waals surface area contributed by atoms with E-state index < -0.39 is 0 Å². The van der Waals surface area contributed by atoms with Gasteiger partial charge in [0.05, 0.1) is 5.56 Å². The Morgan fingerprint density at radius 1 is 0.250 bits per heavy atom. The predicted octanol–water partition coefficient (Wildman–Crippen LogP) is 20.8. The average Bonchev–Trinajstić information content (AvgIpc) is 4.32. The van der Waals surface area contributed by atoms with Crippen molar-refractivity contribution in [3.05, 3.63) is 242 Å². The third kappa shape index (κ3) is 6.60. The number of hydrogen-bond acceptors (Lipinski definition) is 6. The predicted molar refractivity (Wildman–Crippen MR) is 315 cm³/mol. The van der Waals surface area contributed by atoms with Crippen molar-refractivity contribution in [3.63, 3.8) is 0 Å². The molecule has 6 nitrogen and oxygen atoms in total. The number of anilines is 6. The number of rotatable bonds is 7. The van der Waals surface area contributed by atoms with Gasteiger partial charge in [0.15, 0.2) is 0 Å². The molecule has 16 aromatic rings. The molecule has 358 valence electrons. The zero-order valence-corrected chi connectivity index (χ0v) is 41.5. The second-order valence-corrected chi connectivity index (χ2v) is 20.2. The third-order valence-corrected chi connectivity index (χ3v) is 15.5. The van der Waals surface area contributed by atoms with E-state index in [4.69, 9.17) is 17.7 Å². The van der Waals surface area contributed by atoms with E-state index in [2.05, 4.69) is 230 Å². The molecular formula is C70H44N2O4. The number of hydrogen-bond donors (Lipinski definition) is 0. The maximum Gasteiger partial charge on any atom is 0.147 e. The van der Waals surface area contributed by atoms with E-state index in [0.717, 1.165) is 155 Å². The van der Waals surface area contributed by atoms with Crippen molar-refractivity contribution in [1.29, 1.82) is 0 Å². The van der Waals surface area contributed by atoms with Crippen LogP contribution in [0.3, 0.4) is 0 Å². The van der Waals surface area contributed by atoms with E-state index in [1.54, 1.807) is 0 Å². The summed E-state index contributed by atoms with van der Waals surface area (Å²) in [6.45, 7) is 4.25. The molecule has 4 heterocycles. The largest absolute Gasteiger partial charge is 0.456 e. The Bertz CT molecular complexity index is 4720. The first-order valence-electron chi connectivity index (χ1n) is 25.8. The van der Waals surface area contributed by atoms with Gasteiger partial charge in [0, 0.05) is 77.2 Å². The summed E-state index contributed by atoms with van der Waals surface area (Å²) >= 11 is 0. The van der Waals surface area contributed by atoms with Crippen molar-refractivity contribution in [2.75, 3.05) is 9.80 Å². The van der Waals surface area contributed by atoms with Gasteiger partial charge in [0.25, 0.3) is 0 Å². The fourth-order valence-corrected chi connectivity index (χ4v) is 11.7. The Morgan fingerprint density at radius 2 is 0.645 bits per heavy atom. The molecule has 0 spiro atoms. The van der Waals surface area contributed by atoms with Gasteiger partial charge in [-0.15, -0.1) is 0 Å². The number of fused-ring (bicyclic) bond motifs is 14. The summed E-state index contributed by atoms with van der Waals surface area (Å²) in [5.74, 6) is 0. The summed E-state index contributed by atoms with van der Waals surface area (Å²) in [4.78, 5) is 4.65. The molecule has 0 aliphatic heterocycles. The summed E-state index contributed by atoms with van der Waals surface area (Å²) in [6.07, 6.45) is 0. The summed E-state index contributed by atoms with van der Waals surface area (Å²) in [6, 6.07) is 82.1. The van der Waals surface area contributed by atoms with E-state index in [-0.39, 0.29) is 0 Å². The number of aryl methyl sites for hydroxylation is 2. The first-order chi connectivity index (χ1) is 37.4. The molecule has 0 fully saturated rings. The first kappa shape index (κ1) is 42.5. The molecule has 6 heteroatoms. The molecule has 12 aromatic carbocycles. The van der Waals surface area contributed by atoms with Crippen molar-refractivity contribution in [3.8, 4) is 11.1 Å². The number of benzene rings is 12. The molecule has 0 saturated carbocycles. The van der Waals surface area contributed by atoms with E-state index >= 15 is 0 Å². The van der Waals surface area contributed by atoms with Gasteiger partial charge in [0.1, 0.15) is 44.7 Å². The molecule has 0 aliphatic carbocycles. The lowest BCUT2D eigenvalue weighted by Gasteiger charge is -2.26. The molecule has 0 amide bonds. The normalized spacial score (nSPS) is 12.1. The Kier molecular flexibility index (Phi) is 9.07. The van der Waals surface area contributed by atoms with Crippen LogP contribution < -0.4 is 9.80 Å². The Balaban J connectivity index is 0.845. The number of para-hydroxylation sites is 2. The van der Waals surface area contributed by atoms with Gasteiger partial charge in [-0.3, -0.25) is 0 Å². The maximum absolute atomic E-state index is 7.07. The zero-order chi connectivity index (χ0) is 50.2. The van der Waals surface area contributed by atoms with Gasteiger partial charge < -0.3 is 27.5 Å². The molecule has 0 unspecified atom stereocenters. The summed E-state index contributed by atoms with van der Waals surface area (Å²) in [5.41, 5.74) is 17.4. The van der Waals surface area contributed by atoms with Gasteiger partial charge >= 0.3 is 0 Å². The van der Waals surface area contributed by atoms with Crippen molar-refractivity contribution in [2.24, 2.45) is 0 Å². The van der Waals surface area contributed by atoms with Gasteiger partial charge in [0.2, 0.25) is 0 Å². The second kappa shape index (κ2) is 16.2. The van der Waals surface area contributed by atoms with Crippen LogP contribution in [-0.4, -0.2) is 0 Å². The van der Waals surface area contributed by atoms with Crippen molar-refractivity contribution in [1.82, 2.24) is 0 Å². The molecule has 0 N–H and O–H groups in total.